The fraction of sp³-hybridized carbons (Fsp3) is 0.667. The summed E-state index contributed by atoms with van der Waals surface area (Å²) >= 11 is 0. The van der Waals surface area contributed by atoms with Crippen LogP contribution in [0.4, 0.5) is 0 Å². The van der Waals surface area contributed by atoms with Gasteiger partial charge in [0.05, 0.1) is 18.1 Å². The van der Waals surface area contributed by atoms with Gasteiger partial charge in [0.25, 0.3) is 5.79 Å². The Hall–Kier alpha value is -1.82. The summed E-state index contributed by atoms with van der Waals surface area (Å²) in [6.45, 7) is -1.77. The molecule has 0 aliphatic carbocycles. The van der Waals surface area contributed by atoms with E-state index in [1.165, 1.54) is 30.3 Å². The predicted octanol–water partition coefficient (Wildman–Crippen LogP) is -4.27. The Morgan fingerprint density at radius 3 is 2.09 bits per heavy atom. The van der Waals surface area contributed by atoms with Gasteiger partial charge in [-0.15, -0.1) is 0 Å². The van der Waals surface area contributed by atoms with Gasteiger partial charge in [-0.3, -0.25) is 10.1 Å². The zero-order chi connectivity index (χ0) is 23.8. The molecule has 0 saturated carbocycles. The van der Waals surface area contributed by atoms with E-state index in [1.54, 1.807) is 0 Å². The smallest absolute Gasteiger partial charge is 0.394 e. The van der Waals surface area contributed by atoms with Crippen LogP contribution < -0.4 is 0 Å². The van der Waals surface area contributed by atoms with Crippen molar-refractivity contribution in [1.82, 2.24) is 0 Å². The lowest BCUT2D eigenvalue weighted by molar-refractivity contribution is -0.699. The van der Waals surface area contributed by atoms with E-state index in [1.807, 2.05) is 0 Å². The Morgan fingerprint density at radius 2 is 1.56 bits per heavy atom. The molecule has 2 aliphatic heterocycles. The first-order valence-electron chi connectivity index (χ1n) is 9.60. The Morgan fingerprint density at radius 1 is 0.969 bits per heavy atom. The summed E-state index contributed by atoms with van der Waals surface area (Å²) < 4.78 is 15.7. The highest BCUT2D eigenvalue weighted by molar-refractivity contribution is 5.25. The number of ether oxygens (including phenoxy) is 3. The minimum absolute atomic E-state index is 0.303. The zero-order valence-corrected chi connectivity index (χ0v) is 16.5. The number of nitro groups is 1. The van der Waals surface area contributed by atoms with Gasteiger partial charge in [0, 0.05) is 5.56 Å². The fourth-order valence-corrected chi connectivity index (χ4v) is 3.82. The van der Waals surface area contributed by atoms with Crippen LogP contribution in [0.15, 0.2) is 30.3 Å². The molecular formula is C18H25NO13. The van der Waals surface area contributed by atoms with Crippen molar-refractivity contribution in [2.24, 2.45) is 0 Å². The first-order valence-corrected chi connectivity index (χ1v) is 9.60. The molecule has 0 spiro atoms. The van der Waals surface area contributed by atoms with E-state index in [0.717, 1.165) is 0 Å². The third-order valence-electron chi connectivity index (χ3n) is 5.67. The number of aliphatic hydroxyl groups is 8. The van der Waals surface area contributed by atoms with Crippen LogP contribution in [0.5, 0.6) is 0 Å². The standard InChI is InChI=1S/C18H25NO13/c20-6-9-11(22)12(23)13(24)16(30-9)31-14-10(7-21)32-18(27,8-4-2-1-3-5-8)17(26,15(14)25)19(28)29/h1-5,9-16,20-27H,6-7H2/t9-,10-,11+,12+,13-,14-,15+,16+,17-,18-/m1/s1. The number of hydrogen-bond donors (Lipinski definition) is 8. The number of hydrogen-bond acceptors (Lipinski definition) is 13. The van der Waals surface area contributed by atoms with Crippen molar-refractivity contribution in [3.8, 4) is 0 Å². The zero-order valence-electron chi connectivity index (χ0n) is 16.5. The molecule has 10 atom stereocenters. The Labute approximate surface area is 180 Å². The summed E-state index contributed by atoms with van der Waals surface area (Å²) in [6, 6.07) is 6.66. The lowest BCUT2D eigenvalue weighted by Crippen LogP contribution is -2.75. The van der Waals surface area contributed by atoms with E-state index in [0.29, 0.717) is 0 Å². The van der Waals surface area contributed by atoms with Crippen LogP contribution in [0.25, 0.3) is 0 Å². The molecule has 180 valence electrons. The van der Waals surface area contributed by atoms with E-state index in [9.17, 15) is 51.0 Å². The van der Waals surface area contributed by atoms with Crippen LogP contribution in [-0.2, 0) is 20.0 Å². The van der Waals surface area contributed by atoms with Crippen molar-refractivity contribution in [3.05, 3.63) is 46.0 Å². The molecular weight excluding hydrogens is 438 g/mol. The molecule has 8 N–H and O–H groups in total. The second kappa shape index (κ2) is 9.20. The van der Waals surface area contributed by atoms with Gasteiger partial charge in [-0.1, -0.05) is 30.3 Å². The summed E-state index contributed by atoms with van der Waals surface area (Å²) in [7, 11) is 0. The van der Waals surface area contributed by atoms with E-state index in [2.05, 4.69) is 0 Å². The molecule has 0 unspecified atom stereocenters. The predicted molar refractivity (Wildman–Crippen MR) is 98.9 cm³/mol. The molecule has 1 aromatic carbocycles. The first-order chi connectivity index (χ1) is 15.0. The maximum Gasteiger partial charge on any atom is 0.409 e. The van der Waals surface area contributed by atoms with Crippen LogP contribution in [0.1, 0.15) is 5.56 Å². The number of nitrogens with zero attached hydrogens (tertiary/aromatic N) is 1. The highest BCUT2D eigenvalue weighted by Crippen LogP contribution is 2.45. The minimum Gasteiger partial charge on any atom is -0.394 e. The molecule has 1 aromatic rings. The van der Waals surface area contributed by atoms with Crippen LogP contribution in [-0.4, -0.2) is 114 Å². The molecule has 0 aromatic heterocycles. The molecule has 0 amide bonds. The second-order valence-electron chi connectivity index (χ2n) is 7.57. The van der Waals surface area contributed by atoms with Crippen LogP contribution in [0, 0.1) is 10.1 Å². The summed E-state index contributed by atoms with van der Waals surface area (Å²) in [5, 5.41) is 93.3. The van der Waals surface area contributed by atoms with Gasteiger partial charge >= 0.3 is 5.72 Å². The second-order valence-corrected chi connectivity index (χ2v) is 7.57. The topological polar surface area (TPSA) is 233 Å². The van der Waals surface area contributed by atoms with Gasteiger partial charge < -0.3 is 55.1 Å². The van der Waals surface area contributed by atoms with Gasteiger partial charge in [0.1, 0.15) is 36.6 Å². The highest BCUT2D eigenvalue weighted by Gasteiger charge is 2.74. The molecule has 0 bridgehead atoms. The van der Waals surface area contributed by atoms with Crippen LogP contribution in [0.2, 0.25) is 0 Å². The lowest BCUT2D eigenvalue weighted by Gasteiger charge is -2.49. The lowest BCUT2D eigenvalue weighted by atomic mass is 9.82. The van der Waals surface area contributed by atoms with Crippen LogP contribution >= 0.6 is 0 Å². The average Bonchev–Trinajstić information content (AvgIpc) is 2.79. The Bertz CT molecular complexity index is 796. The van der Waals surface area contributed by atoms with Gasteiger partial charge in [0.2, 0.25) is 0 Å². The number of aliphatic hydroxyl groups excluding tert-OH is 6. The largest absolute Gasteiger partial charge is 0.409 e. The fourth-order valence-electron chi connectivity index (χ4n) is 3.82. The van der Waals surface area contributed by atoms with E-state index in [4.69, 9.17) is 14.2 Å². The molecule has 14 heteroatoms. The Kier molecular flexibility index (Phi) is 7.14. The molecule has 2 aliphatic rings. The van der Waals surface area contributed by atoms with E-state index in [-0.39, 0.29) is 5.56 Å². The van der Waals surface area contributed by atoms with Gasteiger partial charge in [-0.2, -0.15) is 0 Å². The normalized spacial score (nSPS) is 44.9. The van der Waals surface area contributed by atoms with Crippen molar-refractivity contribution >= 4 is 0 Å². The maximum atomic E-state index is 11.8. The minimum atomic E-state index is -3.61. The number of benzene rings is 1. The third kappa shape index (κ3) is 3.78. The van der Waals surface area contributed by atoms with E-state index < -0.39 is 78.7 Å². The van der Waals surface area contributed by atoms with Gasteiger partial charge in [-0.05, 0) is 0 Å². The molecule has 2 saturated heterocycles. The van der Waals surface area contributed by atoms with Crippen molar-refractivity contribution in [2.45, 2.75) is 60.5 Å². The molecule has 3 rings (SSSR count). The quantitative estimate of drug-likeness (QED) is 0.114. The van der Waals surface area contributed by atoms with Crippen LogP contribution in [0.3, 0.4) is 0 Å². The Balaban J connectivity index is 1.97. The maximum absolute atomic E-state index is 11.8. The van der Waals surface area contributed by atoms with E-state index >= 15 is 0 Å². The van der Waals surface area contributed by atoms with Crippen molar-refractivity contribution in [1.29, 1.82) is 0 Å². The highest BCUT2D eigenvalue weighted by atomic mass is 16.7. The van der Waals surface area contributed by atoms with Crippen molar-refractivity contribution < 1.29 is 60.0 Å². The molecule has 32 heavy (non-hydrogen) atoms. The van der Waals surface area contributed by atoms with Gasteiger partial charge in [0.15, 0.2) is 12.4 Å². The summed E-state index contributed by atoms with van der Waals surface area (Å²) in [5.41, 5.74) is -3.92. The summed E-state index contributed by atoms with van der Waals surface area (Å²) in [5.74, 6) is -3.13. The first kappa shape index (κ1) is 24.8. The van der Waals surface area contributed by atoms with Crippen molar-refractivity contribution in [3.63, 3.8) is 0 Å². The SMILES string of the molecule is O=[N+]([O-])[C@@]1(O)[C@@H](O)[C@H](O[C@@H]2O[C@H](CO)[C@H](O)[C@H](O)[C@H]2O)[C@@H](CO)O[C@]1(O)c1ccccc1. The van der Waals surface area contributed by atoms with Gasteiger partial charge in [-0.25, -0.2) is 0 Å². The molecule has 2 heterocycles. The van der Waals surface area contributed by atoms with Crippen molar-refractivity contribution in [2.75, 3.05) is 13.2 Å². The summed E-state index contributed by atoms with van der Waals surface area (Å²) in [4.78, 5) is 10.4. The molecule has 2 fully saturated rings. The molecule has 14 nitrogen and oxygen atoms in total. The number of rotatable bonds is 6. The summed E-state index contributed by atoms with van der Waals surface area (Å²) in [6.07, 6.45) is -15.0. The monoisotopic (exact) mass is 463 g/mol. The molecule has 0 radical (unpaired) electrons. The third-order valence-corrected chi connectivity index (χ3v) is 5.67. The average molecular weight is 463 g/mol.